The molecule has 26 heavy (non-hydrogen) atoms. The van der Waals surface area contributed by atoms with Crippen LogP contribution in [0.1, 0.15) is 29.9 Å². The lowest BCUT2D eigenvalue weighted by Gasteiger charge is -2.26. The minimum absolute atomic E-state index is 0.0364. The molecule has 0 bridgehead atoms. The second kappa shape index (κ2) is 7.87. The second-order valence-corrected chi connectivity index (χ2v) is 6.34. The zero-order chi connectivity index (χ0) is 18.5. The molecule has 0 saturated carbocycles. The summed E-state index contributed by atoms with van der Waals surface area (Å²) in [5.41, 5.74) is 2.28. The smallest absolute Gasteiger partial charge is 0.278 e. The third kappa shape index (κ3) is 3.77. The van der Waals surface area contributed by atoms with Crippen molar-refractivity contribution >= 4 is 5.91 Å². The molecule has 1 amide bonds. The Balaban J connectivity index is 1.93. The lowest BCUT2D eigenvalue weighted by atomic mass is 10.1. The first-order valence-electron chi connectivity index (χ1n) is 8.64. The van der Waals surface area contributed by atoms with Crippen LogP contribution in [0.2, 0.25) is 0 Å². The number of methoxy groups -OCH3 is 1. The standard InChI is InChI=1S/C21H23N3O2/c1-16(2)23(14-17-10-6-4-7-11-17)21(25)20-19(26-3)15-24(22-20)18-12-8-5-9-13-18/h4-13,15-16H,14H2,1-3H3. The Morgan fingerprint density at radius 2 is 1.69 bits per heavy atom. The Bertz CT molecular complexity index is 857. The summed E-state index contributed by atoms with van der Waals surface area (Å²) in [6, 6.07) is 19.7. The number of nitrogens with zero attached hydrogens (tertiary/aromatic N) is 3. The zero-order valence-electron chi connectivity index (χ0n) is 15.3. The summed E-state index contributed by atoms with van der Waals surface area (Å²) in [6.07, 6.45) is 1.74. The first kappa shape index (κ1) is 17.7. The average Bonchev–Trinajstić information content (AvgIpc) is 3.11. The molecule has 1 heterocycles. The summed E-state index contributed by atoms with van der Waals surface area (Å²) in [6.45, 7) is 4.53. The molecule has 0 aliphatic heterocycles. The van der Waals surface area contributed by atoms with Crippen molar-refractivity contribution in [3.8, 4) is 11.4 Å². The van der Waals surface area contributed by atoms with E-state index in [4.69, 9.17) is 4.74 Å². The fourth-order valence-electron chi connectivity index (χ4n) is 2.77. The van der Waals surface area contributed by atoms with Crippen molar-refractivity contribution in [3.05, 3.63) is 78.1 Å². The van der Waals surface area contributed by atoms with Crippen LogP contribution in [0.4, 0.5) is 0 Å². The van der Waals surface area contributed by atoms with E-state index in [0.717, 1.165) is 11.3 Å². The van der Waals surface area contributed by atoms with Gasteiger partial charge in [-0.25, -0.2) is 4.68 Å². The van der Waals surface area contributed by atoms with E-state index in [0.29, 0.717) is 18.0 Å². The van der Waals surface area contributed by atoms with Gasteiger partial charge in [-0.15, -0.1) is 0 Å². The van der Waals surface area contributed by atoms with Gasteiger partial charge >= 0.3 is 0 Å². The topological polar surface area (TPSA) is 47.4 Å². The molecule has 0 aliphatic rings. The number of amides is 1. The summed E-state index contributed by atoms with van der Waals surface area (Å²) in [4.78, 5) is 15.0. The van der Waals surface area contributed by atoms with Crippen LogP contribution >= 0.6 is 0 Å². The maximum absolute atomic E-state index is 13.2. The van der Waals surface area contributed by atoms with Crippen molar-refractivity contribution in [2.24, 2.45) is 0 Å². The summed E-state index contributed by atoms with van der Waals surface area (Å²) in [5, 5.41) is 4.50. The minimum Gasteiger partial charge on any atom is -0.493 e. The van der Waals surface area contributed by atoms with Gasteiger partial charge in [-0.05, 0) is 31.5 Å². The third-order valence-electron chi connectivity index (χ3n) is 4.20. The number of rotatable bonds is 6. The molecule has 134 valence electrons. The molecule has 0 unspecified atom stereocenters. The number of carbonyl (C=O) groups is 1. The molecule has 0 atom stereocenters. The number of hydrogen-bond acceptors (Lipinski definition) is 3. The van der Waals surface area contributed by atoms with Gasteiger partial charge in [-0.1, -0.05) is 48.5 Å². The summed E-state index contributed by atoms with van der Waals surface area (Å²) in [5.74, 6) is 0.327. The van der Waals surface area contributed by atoms with Crippen molar-refractivity contribution in [1.29, 1.82) is 0 Å². The third-order valence-corrected chi connectivity index (χ3v) is 4.20. The molecule has 5 nitrogen and oxygen atoms in total. The van der Waals surface area contributed by atoms with E-state index < -0.39 is 0 Å². The van der Waals surface area contributed by atoms with E-state index in [1.807, 2.05) is 74.5 Å². The van der Waals surface area contributed by atoms with E-state index in [2.05, 4.69) is 5.10 Å². The Labute approximate surface area is 153 Å². The van der Waals surface area contributed by atoms with Gasteiger partial charge < -0.3 is 9.64 Å². The second-order valence-electron chi connectivity index (χ2n) is 6.34. The molecular formula is C21H23N3O2. The molecule has 0 N–H and O–H groups in total. The van der Waals surface area contributed by atoms with Crippen LogP contribution < -0.4 is 4.74 Å². The molecule has 0 spiro atoms. The van der Waals surface area contributed by atoms with Crippen LogP contribution in [0.3, 0.4) is 0 Å². The van der Waals surface area contributed by atoms with Crippen LogP contribution in [0, 0.1) is 0 Å². The van der Waals surface area contributed by atoms with Crippen LogP contribution in [0.15, 0.2) is 66.9 Å². The molecule has 0 radical (unpaired) electrons. The molecular weight excluding hydrogens is 326 g/mol. The van der Waals surface area contributed by atoms with E-state index in [1.165, 1.54) is 0 Å². The van der Waals surface area contributed by atoms with Crippen LogP contribution in [0.25, 0.3) is 5.69 Å². The average molecular weight is 349 g/mol. The van der Waals surface area contributed by atoms with Gasteiger partial charge in [0.05, 0.1) is 19.0 Å². The largest absolute Gasteiger partial charge is 0.493 e. The number of ether oxygens (including phenoxy) is 1. The van der Waals surface area contributed by atoms with Gasteiger partial charge in [0.25, 0.3) is 5.91 Å². The predicted molar refractivity (Wildman–Crippen MR) is 102 cm³/mol. The van der Waals surface area contributed by atoms with Crippen molar-refractivity contribution in [3.63, 3.8) is 0 Å². The lowest BCUT2D eigenvalue weighted by molar-refractivity contribution is 0.0680. The highest BCUT2D eigenvalue weighted by Gasteiger charge is 2.26. The zero-order valence-corrected chi connectivity index (χ0v) is 15.3. The highest BCUT2D eigenvalue weighted by molar-refractivity contribution is 5.95. The molecule has 0 saturated heterocycles. The van der Waals surface area contributed by atoms with Crippen molar-refractivity contribution in [2.75, 3.05) is 7.11 Å². The van der Waals surface area contributed by atoms with Gasteiger partial charge in [0.15, 0.2) is 11.4 Å². The fourth-order valence-corrected chi connectivity index (χ4v) is 2.77. The molecule has 3 rings (SSSR count). The highest BCUT2D eigenvalue weighted by atomic mass is 16.5. The van der Waals surface area contributed by atoms with Gasteiger partial charge in [0.2, 0.25) is 0 Å². The first-order chi connectivity index (χ1) is 12.6. The maximum atomic E-state index is 13.2. The Hall–Kier alpha value is -3.08. The van der Waals surface area contributed by atoms with E-state index >= 15 is 0 Å². The Morgan fingerprint density at radius 1 is 1.08 bits per heavy atom. The maximum Gasteiger partial charge on any atom is 0.278 e. The van der Waals surface area contributed by atoms with Crippen molar-refractivity contribution < 1.29 is 9.53 Å². The summed E-state index contributed by atoms with van der Waals surface area (Å²) in [7, 11) is 1.56. The molecule has 5 heteroatoms. The van der Waals surface area contributed by atoms with E-state index in [1.54, 1.807) is 22.9 Å². The van der Waals surface area contributed by atoms with Crippen molar-refractivity contribution in [1.82, 2.24) is 14.7 Å². The number of para-hydroxylation sites is 1. The van der Waals surface area contributed by atoms with Gasteiger partial charge in [0, 0.05) is 12.6 Å². The minimum atomic E-state index is -0.143. The summed E-state index contributed by atoms with van der Waals surface area (Å²) < 4.78 is 7.09. The molecule has 2 aromatic carbocycles. The monoisotopic (exact) mass is 349 g/mol. The normalized spacial score (nSPS) is 10.8. The predicted octanol–water partition coefficient (Wildman–Crippen LogP) is 3.93. The van der Waals surface area contributed by atoms with Gasteiger partial charge in [-0.3, -0.25) is 4.79 Å². The van der Waals surface area contributed by atoms with E-state index in [9.17, 15) is 4.79 Å². The van der Waals surface area contributed by atoms with Crippen LogP contribution in [-0.4, -0.2) is 33.7 Å². The Kier molecular flexibility index (Phi) is 5.37. The van der Waals surface area contributed by atoms with Gasteiger partial charge in [0.1, 0.15) is 0 Å². The quantitative estimate of drug-likeness (QED) is 0.677. The van der Waals surface area contributed by atoms with E-state index in [-0.39, 0.29) is 11.9 Å². The first-order valence-corrected chi connectivity index (χ1v) is 8.64. The molecule has 0 aliphatic carbocycles. The SMILES string of the molecule is COc1cn(-c2ccccc2)nc1C(=O)N(Cc1ccccc1)C(C)C. The number of benzene rings is 2. The summed E-state index contributed by atoms with van der Waals surface area (Å²) >= 11 is 0. The molecule has 0 fully saturated rings. The number of aromatic nitrogens is 2. The number of carbonyl (C=O) groups excluding carboxylic acids is 1. The van der Waals surface area contributed by atoms with Crippen LogP contribution in [-0.2, 0) is 6.54 Å². The van der Waals surface area contributed by atoms with Crippen molar-refractivity contribution in [2.45, 2.75) is 26.4 Å². The molecule has 1 aromatic heterocycles. The highest BCUT2D eigenvalue weighted by Crippen LogP contribution is 2.23. The fraction of sp³-hybridized carbons (Fsp3) is 0.238. The van der Waals surface area contributed by atoms with Crippen LogP contribution in [0.5, 0.6) is 5.75 Å². The molecule has 3 aromatic rings. The lowest BCUT2D eigenvalue weighted by Crippen LogP contribution is -2.36. The van der Waals surface area contributed by atoms with Gasteiger partial charge in [-0.2, -0.15) is 5.10 Å². The Morgan fingerprint density at radius 3 is 2.27 bits per heavy atom. The number of hydrogen-bond donors (Lipinski definition) is 0.